The lowest BCUT2D eigenvalue weighted by Crippen LogP contribution is -2.45. The Kier molecular flexibility index (Phi) is 5.57. The zero-order valence-electron chi connectivity index (χ0n) is 15.5. The highest BCUT2D eigenvalue weighted by Crippen LogP contribution is 2.34. The minimum atomic E-state index is -0.946. The molecule has 1 atom stereocenters. The second kappa shape index (κ2) is 7.31. The Morgan fingerprint density at radius 3 is 2.68 bits per heavy atom. The van der Waals surface area contributed by atoms with Gasteiger partial charge in [-0.25, -0.2) is 0 Å². The van der Waals surface area contributed by atoms with Gasteiger partial charge in [0.2, 0.25) is 5.91 Å². The smallest absolute Gasteiger partial charge is 0.253 e. The standard InChI is InChI=1S/C18H27N3O4/c1-18(2,24)11-19-16(22)9-13-10-25-15-7-6-12(17(23)20(3)4)8-14(15)21(13)5/h6-8,13,24H,9-11H2,1-5H3,(H,19,22). The Morgan fingerprint density at radius 2 is 2.08 bits per heavy atom. The molecule has 0 saturated carbocycles. The molecule has 25 heavy (non-hydrogen) atoms. The fourth-order valence-electron chi connectivity index (χ4n) is 2.60. The number of anilines is 1. The van der Waals surface area contributed by atoms with E-state index < -0.39 is 5.60 Å². The maximum Gasteiger partial charge on any atom is 0.253 e. The van der Waals surface area contributed by atoms with Gasteiger partial charge in [0.05, 0.1) is 23.8 Å². The second-order valence-corrected chi connectivity index (χ2v) is 7.25. The number of likely N-dealkylation sites (N-methyl/N-ethyl adjacent to an activating group) is 1. The number of hydrogen-bond donors (Lipinski definition) is 2. The first kappa shape index (κ1) is 19.1. The van der Waals surface area contributed by atoms with Crippen LogP contribution in [0.4, 0.5) is 5.69 Å². The Hall–Kier alpha value is -2.28. The van der Waals surface area contributed by atoms with Crippen LogP contribution in [0, 0.1) is 0 Å². The summed E-state index contributed by atoms with van der Waals surface area (Å²) >= 11 is 0. The number of nitrogens with one attached hydrogen (secondary N) is 1. The average Bonchev–Trinajstić information content (AvgIpc) is 2.54. The summed E-state index contributed by atoms with van der Waals surface area (Å²) in [5.41, 5.74) is 0.421. The highest BCUT2D eigenvalue weighted by molar-refractivity contribution is 5.95. The summed E-state index contributed by atoms with van der Waals surface area (Å²) in [6.07, 6.45) is 0.248. The van der Waals surface area contributed by atoms with Gasteiger partial charge in [-0.15, -0.1) is 0 Å². The van der Waals surface area contributed by atoms with Crippen molar-refractivity contribution >= 4 is 17.5 Å². The van der Waals surface area contributed by atoms with E-state index in [-0.39, 0.29) is 30.8 Å². The van der Waals surface area contributed by atoms with E-state index in [9.17, 15) is 14.7 Å². The molecule has 0 spiro atoms. The molecular weight excluding hydrogens is 322 g/mol. The molecule has 1 aromatic carbocycles. The summed E-state index contributed by atoms with van der Waals surface area (Å²) in [5, 5.41) is 12.4. The number of rotatable bonds is 5. The van der Waals surface area contributed by atoms with E-state index in [1.165, 1.54) is 4.90 Å². The summed E-state index contributed by atoms with van der Waals surface area (Å²) in [5.74, 6) is 0.471. The van der Waals surface area contributed by atoms with Gasteiger partial charge in [-0.05, 0) is 32.0 Å². The Balaban J connectivity index is 2.09. The van der Waals surface area contributed by atoms with E-state index in [0.717, 1.165) is 5.69 Å². The van der Waals surface area contributed by atoms with Crippen LogP contribution in [0.2, 0.25) is 0 Å². The van der Waals surface area contributed by atoms with Crippen molar-refractivity contribution in [2.45, 2.75) is 31.9 Å². The van der Waals surface area contributed by atoms with Crippen molar-refractivity contribution < 1.29 is 19.4 Å². The second-order valence-electron chi connectivity index (χ2n) is 7.25. The van der Waals surface area contributed by atoms with Crippen molar-refractivity contribution in [2.75, 3.05) is 39.2 Å². The lowest BCUT2D eigenvalue weighted by atomic mass is 10.1. The highest BCUT2D eigenvalue weighted by Gasteiger charge is 2.28. The number of fused-ring (bicyclic) bond motifs is 1. The number of carbonyl (C=O) groups is 2. The zero-order valence-corrected chi connectivity index (χ0v) is 15.5. The van der Waals surface area contributed by atoms with E-state index in [1.807, 2.05) is 11.9 Å². The van der Waals surface area contributed by atoms with E-state index in [2.05, 4.69) is 5.32 Å². The van der Waals surface area contributed by atoms with Gasteiger partial charge in [-0.2, -0.15) is 0 Å². The minimum absolute atomic E-state index is 0.0822. The molecule has 0 radical (unpaired) electrons. The summed E-state index contributed by atoms with van der Waals surface area (Å²) in [4.78, 5) is 27.8. The quantitative estimate of drug-likeness (QED) is 0.824. The molecule has 0 aromatic heterocycles. The zero-order chi connectivity index (χ0) is 18.8. The Labute approximate surface area is 148 Å². The molecular formula is C18H27N3O4. The summed E-state index contributed by atoms with van der Waals surface area (Å²) in [6.45, 7) is 3.87. The van der Waals surface area contributed by atoms with Crippen molar-refractivity contribution in [1.29, 1.82) is 0 Å². The molecule has 0 saturated heterocycles. The monoisotopic (exact) mass is 349 g/mol. The molecule has 1 aliphatic rings. The van der Waals surface area contributed by atoms with Gasteiger partial charge in [-0.3, -0.25) is 9.59 Å². The van der Waals surface area contributed by atoms with E-state index in [0.29, 0.717) is 17.9 Å². The average molecular weight is 349 g/mol. The fraction of sp³-hybridized carbons (Fsp3) is 0.556. The van der Waals surface area contributed by atoms with Gasteiger partial charge in [0.15, 0.2) is 0 Å². The van der Waals surface area contributed by atoms with Crippen LogP contribution in [-0.2, 0) is 4.79 Å². The number of carbonyl (C=O) groups excluding carboxylic acids is 2. The largest absolute Gasteiger partial charge is 0.489 e. The van der Waals surface area contributed by atoms with Crippen LogP contribution < -0.4 is 15.0 Å². The maximum atomic E-state index is 12.2. The third-order valence-electron chi connectivity index (χ3n) is 4.11. The third kappa shape index (κ3) is 4.85. The molecule has 0 fully saturated rings. The Morgan fingerprint density at radius 1 is 1.40 bits per heavy atom. The summed E-state index contributed by atoms with van der Waals surface area (Å²) in [7, 11) is 5.30. The van der Waals surface area contributed by atoms with Gasteiger partial charge in [0.25, 0.3) is 5.91 Å². The summed E-state index contributed by atoms with van der Waals surface area (Å²) < 4.78 is 5.75. The molecule has 1 aliphatic heterocycles. The fourth-order valence-corrected chi connectivity index (χ4v) is 2.60. The van der Waals surface area contributed by atoms with Crippen LogP contribution in [0.15, 0.2) is 18.2 Å². The van der Waals surface area contributed by atoms with Crippen LogP contribution in [0.5, 0.6) is 5.75 Å². The number of benzene rings is 1. The molecule has 1 unspecified atom stereocenters. The maximum absolute atomic E-state index is 12.2. The third-order valence-corrected chi connectivity index (χ3v) is 4.11. The van der Waals surface area contributed by atoms with Crippen molar-refractivity contribution in [3.63, 3.8) is 0 Å². The van der Waals surface area contributed by atoms with Gasteiger partial charge in [0.1, 0.15) is 12.4 Å². The first-order chi connectivity index (χ1) is 11.6. The molecule has 7 nitrogen and oxygen atoms in total. The molecule has 0 bridgehead atoms. The van der Waals surface area contributed by atoms with Crippen molar-refractivity contribution in [1.82, 2.24) is 10.2 Å². The lowest BCUT2D eigenvalue weighted by molar-refractivity contribution is -0.122. The molecule has 0 aliphatic carbocycles. The first-order valence-corrected chi connectivity index (χ1v) is 8.29. The molecule has 1 aromatic rings. The topological polar surface area (TPSA) is 82.1 Å². The summed E-state index contributed by atoms with van der Waals surface area (Å²) in [6, 6.07) is 5.18. The highest BCUT2D eigenvalue weighted by atomic mass is 16.5. The molecule has 1 heterocycles. The van der Waals surface area contributed by atoms with Gasteiger partial charge in [0, 0.05) is 33.3 Å². The first-order valence-electron chi connectivity index (χ1n) is 8.29. The lowest BCUT2D eigenvalue weighted by Gasteiger charge is -2.36. The van der Waals surface area contributed by atoms with E-state index in [1.54, 1.807) is 46.1 Å². The Bertz CT molecular complexity index is 652. The number of amides is 2. The molecule has 2 rings (SSSR count). The molecule has 7 heteroatoms. The van der Waals surface area contributed by atoms with Crippen LogP contribution in [0.1, 0.15) is 30.6 Å². The minimum Gasteiger partial charge on any atom is -0.489 e. The van der Waals surface area contributed by atoms with E-state index >= 15 is 0 Å². The van der Waals surface area contributed by atoms with E-state index in [4.69, 9.17) is 4.74 Å². The number of nitrogens with zero attached hydrogens (tertiary/aromatic N) is 2. The molecule has 2 amide bonds. The number of hydrogen-bond acceptors (Lipinski definition) is 5. The van der Waals surface area contributed by atoms with Crippen LogP contribution in [-0.4, -0.2) is 67.8 Å². The van der Waals surface area contributed by atoms with Crippen molar-refractivity contribution in [2.24, 2.45) is 0 Å². The molecule has 2 N–H and O–H groups in total. The van der Waals surface area contributed by atoms with Gasteiger partial charge in [-0.1, -0.05) is 0 Å². The molecule has 138 valence electrons. The van der Waals surface area contributed by atoms with Gasteiger partial charge < -0.3 is 25.0 Å². The van der Waals surface area contributed by atoms with Crippen LogP contribution in [0.25, 0.3) is 0 Å². The van der Waals surface area contributed by atoms with Crippen molar-refractivity contribution in [3.8, 4) is 5.75 Å². The van der Waals surface area contributed by atoms with Crippen LogP contribution >= 0.6 is 0 Å². The number of aliphatic hydroxyl groups is 1. The predicted octanol–water partition coefficient (Wildman–Crippen LogP) is 0.863. The predicted molar refractivity (Wildman–Crippen MR) is 96.1 cm³/mol. The SMILES string of the molecule is CN(C)C(=O)c1ccc2c(c1)N(C)C(CC(=O)NCC(C)(C)O)CO2. The number of ether oxygens (including phenoxy) is 1. The normalized spacial score (nSPS) is 16.7. The van der Waals surface area contributed by atoms with Crippen LogP contribution in [0.3, 0.4) is 0 Å². The van der Waals surface area contributed by atoms with Gasteiger partial charge >= 0.3 is 0 Å². The van der Waals surface area contributed by atoms with Crippen molar-refractivity contribution in [3.05, 3.63) is 23.8 Å².